The van der Waals surface area contributed by atoms with E-state index in [1.807, 2.05) is 6.92 Å². The predicted molar refractivity (Wildman–Crippen MR) is 98.2 cm³/mol. The lowest BCUT2D eigenvalue weighted by Crippen LogP contribution is -2.28. The summed E-state index contributed by atoms with van der Waals surface area (Å²) in [5, 5.41) is 3.85. The van der Waals surface area contributed by atoms with Crippen molar-refractivity contribution in [1.82, 2.24) is 15.0 Å². The number of anilines is 2. The number of halogens is 3. The summed E-state index contributed by atoms with van der Waals surface area (Å²) in [7, 11) is 0. The minimum Gasteiger partial charge on any atom is -0.491 e. The number of benzene rings is 1. The summed E-state index contributed by atoms with van der Waals surface area (Å²) in [6.07, 6.45) is 0.783. The van der Waals surface area contributed by atoms with E-state index in [1.165, 1.54) is 0 Å². The van der Waals surface area contributed by atoms with Crippen LogP contribution >= 0.6 is 34.8 Å². The number of alkyl halides is 1. The third-order valence-electron chi connectivity index (χ3n) is 3.14. The Balaban J connectivity index is 2.04. The van der Waals surface area contributed by atoms with Crippen molar-refractivity contribution in [3.05, 3.63) is 34.1 Å². The van der Waals surface area contributed by atoms with Crippen molar-refractivity contribution < 1.29 is 4.74 Å². The van der Waals surface area contributed by atoms with Crippen molar-refractivity contribution in [2.45, 2.75) is 31.7 Å². The zero-order chi connectivity index (χ0) is 17.7. The monoisotopic (exact) mass is 389 g/mol. The first-order chi connectivity index (χ1) is 11.4. The minimum atomic E-state index is -0.360. The molecule has 0 aliphatic rings. The number of ether oxygens (including phenoxy) is 1. The lowest BCUT2D eigenvalue weighted by Gasteiger charge is -2.18. The highest BCUT2D eigenvalue weighted by molar-refractivity contribution is 6.34. The van der Waals surface area contributed by atoms with Crippen LogP contribution in [0.5, 0.6) is 5.75 Å². The normalized spacial score (nSPS) is 13.4. The van der Waals surface area contributed by atoms with Gasteiger partial charge in [-0.05, 0) is 31.5 Å². The van der Waals surface area contributed by atoms with E-state index in [0.717, 1.165) is 6.42 Å². The molecule has 0 amide bonds. The molecular formula is C15H18Cl3N5O. The lowest BCUT2D eigenvalue weighted by atomic mass is 10.2. The second kappa shape index (κ2) is 8.55. The quantitative estimate of drug-likeness (QED) is 0.684. The molecule has 0 saturated carbocycles. The van der Waals surface area contributed by atoms with Gasteiger partial charge in [0, 0.05) is 10.0 Å². The maximum Gasteiger partial charge on any atom is 0.228 e. The fourth-order valence-corrected chi connectivity index (χ4v) is 2.51. The Morgan fingerprint density at radius 3 is 2.42 bits per heavy atom. The number of nitrogens with one attached hydrogen (secondary N) is 1. The zero-order valence-electron chi connectivity index (χ0n) is 13.3. The number of rotatable bonds is 7. The third-order valence-corrected chi connectivity index (χ3v) is 3.77. The van der Waals surface area contributed by atoms with Gasteiger partial charge in [-0.3, -0.25) is 0 Å². The highest BCUT2D eigenvalue weighted by Gasteiger charge is 2.13. The van der Waals surface area contributed by atoms with Crippen LogP contribution in [-0.2, 0) is 0 Å². The van der Waals surface area contributed by atoms with Crippen LogP contribution < -0.4 is 15.8 Å². The van der Waals surface area contributed by atoms with Crippen LogP contribution in [0.3, 0.4) is 0 Å². The van der Waals surface area contributed by atoms with E-state index in [4.69, 9.17) is 45.3 Å². The van der Waals surface area contributed by atoms with Crippen LogP contribution in [0.2, 0.25) is 10.0 Å². The fraction of sp³-hybridized carbons (Fsp3) is 0.400. The van der Waals surface area contributed by atoms with Gasteiger partial charge in [0.25, 0.3) is 0 Å². The summed E-state index contributed by atoms with van der Waals surface area (Å²) in [4.78, 5) is 12.3. The van der Waals surface area contributed by atoms with Crippen LogP contribution in [0.1, 0.15) is 31.5 Å². The molecule has 0 saturated heterocycles. The van der Waals surface area contributed by atoms with Crippen molar-refractivity contribution in [2.24, 2.45) is 0 Å². The van der Waals surface area contributed by atoms with Gasteiger partial charge in [0.1, 0.15) is 12.4 Å². The molecule has 3 N–H and O–H groups in total. The van der Waals surface area contributed by atoms with E-state index in [-0.39, 0.29) is 17.4 Å². The van der Waals surface area contributed by atoms with Gasteiger partial charge in [-0.2, -0.15) is 15.0 Å². The molecule has 2 rings (SSSR count). The Hall–Kier alpha value is -1.50. The van der Waals surface area contributed by atoms with E-state index in [2.05, 4.69) is 20.3 Å². The Labute approximate surface area is 155 Å². The van der Waals surface area contributed by atoms with Gasteiger partial charge in [-0.1, -0.05) is 30.1 Å². The zero-order valence-corrected chi connectivity index (χ0v) is 15.5. The van der Waals surface area contributed by atoms with Crippen LogP contribution in [0, 0.1) is 0 Å². The van der Waals surface area contributed by atoms with Crippen LogP contribution in [0.15, 0.2) is 18.2 Å². The predicted octanol–water partition coefficient (Wildman–Crippen LogP) is 4.33. The lowest BCUT2D eigenvalue weighted by molar-refractivity contribution is 0.293. The summed E-state index contributed by atoms with van der Waals surface area (Å²) in [5.41, 5.74) is 5.69. The molecular weight excluding hydrogens is 373 g/mol. The van der Waals surface area contributed by atoms with Crippen LogP contribution in [0.25, 0.3) is 0 Å². The second-order valence-electron chi connectivity index (χ2n) is 5.16. The molecule has 0 bridgehead atoms. The minimum absolute atomic E-state index is 0.0389. The molecule has 0 aliphatic carbocycles. The first-order valence-corrected chi connectivity index (χ1v) is 8.57. The van der Waals surface area contributed by atoms with Crippen molar-refractivity contribution >= 4 is 46.7 Å². The van der Waals surface area contributed by atoms with E-state index < -0.39 is 0 Å². The molecule has 0 aliphatic heterocycles. The average Bonchev–Trinajstić information content (AvgIpc) is 2.49. The maximum absolute atomic E-state index is 6.00. The molecule has 130 valence electrons. The van der Waals surface area contributed by atoms with Crippen LogP contribution in [0.4, 0.5) is 11.9 Å². The summed E-state index contributed by atoms with van der Waals surface area (Å²) >= 11 is 17.9. The number of hydrogen-bond acceptors (Lipinski definition) is 6. The first kappa shape index (κ1) is 18.8. The molecule has 1 heterocycles. The molecule has 1 aromatic carbocycles. The molecule has 0 fully saturated rings. The highest BCUT2D eigenvalue weighted by Crippen LogP contribution is 2.24. The topological polar surface area (TPSA) is 86.0 Å². The largest absolute Gasteiger partial charge is 0.491 e. The Kier molecular flexibility index (Phi) is 6.71. The third kappa shape index (κ3) is 5.54. The number of nitrogen functional groups attached to an aromatic ring is 1. The molecule has 2 aromatic rings. The SMILES string of the molecule is CCC(COc1cc(Cl)cc(Cl)c1)Nc1nc(N)nc(C(C)Cl)n1. The Morgan fingerprint density at radius 1 is 1.17 bits per heavy atom. The summed E-state index contributed by atoms with van der Waals surface area (Å²) in [6.45, 7) is 4.16. The molecule has 2 atom stereocenters. The molecule has 9 heteroatoms. The molecule has 2 unspecified atom stereocenters. The van der Waals surface area contributed by atoms with E-state index in [1.54, 1.807) is 25.1 Å². The molecule has 24 heavy (non-hydrogen) atoms. The maximum atomic E-state index is 6.00. The van der Waals surface area contributed by atoms with E-state index in [0.29, 0.717) is 34.2 Å². The van der Waals surface area contributed by atoms with Gasteiger partial charge >= 0.3 is 0 Å². The molecule has 1 aromatic heterocycles. The Bertz CT molecular complexity index is 679. The second-order valence-corrected chi connectivity index (χ2v) is 6.68. The standard InChI is InChI=1S/C15H18Cl3N5O/c1-3-11(7-24-12-5-9(17)4-10(18)6-12)20-15-22-13(8(2)16)21-14(19)23-15/h4-6,8,11H,3,7H2,1-2H3,(H3,19,20,21,22,23). The van der Waals surface area contributed by atoms with Crippen molar-refractivity contribution in [3.8, 4) is 5.75 Å². The van der Waals surface area contributed by atoms with Crippen molar-refractivity contribution in [1.29, 1.82) is 0 Å². The van der Waals surface area contributed by atoms with E-state index >= 15 is 0 Å². The summed E-state index contributed by atoms with van der Waals surface area (Å²) in [5.74, 6) is 1.50. The van der Waals surface area contributed by atoms with Crippen molar-refractivity contribution in [2.75, 3.05) is 17.7 Å². The summed E-state index contributed by atoms with van der Waals surface area (Å²) < 4.78 is 5.74. The van der Waals surface area contributed by atoms with Gasteiger partial charge in [-0.25, -0.2) is 0 Å². The van der Waals surface area contributed by atoms with Gasteiger partial charge in [0.2, 0.25) is 11.9 Å². The molecule has 0 spiro atoms. The van der Waals surface area contributed by atoms with Crippen LogP contribution in [-0.4, -0.2) is 27.6 Å². The number of hydrogen-bond donors (Lipinski definition) is 2. The highest BCUT2D eigenvalue weighted by atomic mass is 35.5. The fourth-order valence-electron chi connectivity index (χ4n) is 1.90. The van der Waals surface area contributed by atoms with Crippen molar-refractivity contribution in [3.63, 3.8) is 0 Å². The number of nitrogens with zero attached hydrogens (tertiary/aromatic N) is 3. The number of aromatic nitrogens is 3. The first-order valence-electron chi connectivity index (χ1n) is 7.38. The van der Waals surface area contributed by atoms with Gasteiger partial charge < -0.3 is 15.8 Å². The average molecular weight is 391 g/mol. The molecule has 6 nitrogen and oxygen atoms in total. The number of nitrogens with two attached hydrogens (primary N) is 1. The van der Waals surface area contributed by atoms with Gasteiger partial charge in [-0.15, -0.1) is 11.6 Å². The Morgan fingerprint density at radius 2 is 1.83 bits per heavy atom. The van der Waals surface area contributed by atoms with Gasteiger partial charge in [0.15, 0.2) is 5.82 Å². The van der Waals surface area contributed by atoms with Gasteiger partial charge in [0.05, 0.1) is 11.4 Å². The van der Waals surface area contributed by atoms with E-state index in [9.17, 15) is 0 Å². The summed E-state index contributed by atoms with van der Waals surface area (Å²) in [6, 6.07) is 5.01. The molecule has 0 radical (unpaired) electrons. The smallest absolute Gasteiger partial charge is 0.228 e.